The van der Waals surface area contributed by atoms with Crippen LogP contribution in [0.5, 0.6) is 0 Å². The molecule has 2 aliphatic rings. The highest BCUT2D eigenvalue weighted by atomic mass is 16.3. The normalized spacial score (nSPS) is 22.1. The van der Waals surface area contributed by atoms with Crippen LogP contribution in [0.25, 0.3) is 0 Å². The standard InChI is InChI=1S/C28H34N2O4/c1-21(10-7-9-19-31)28(34)24-11-5-6-12-25(24)30(27(28)33)20-22-14-16-23(17-15-22)29-18-8-3-2-4-13-26(29)32/h5-7,10-12,14-17,21,31,34H,2-4,8-9,13,18-20H2,1H3/b10-7+/t21-,28+/m1/s1. The molecular formula is C28H34N2O4. The molecule has 0 spiro atoms. The average Bonchev–Trinajstić information content (AvgIpc) is 3.05. The summed E-state index contributed by atoms with van der Waals surface area (Å²) < 4.78 is 0. The molecule has 0 radical (unpaired) electrons. The molecule has 2 aromatic rings. The molecule has 2 heterocycles. The van der Waals surface area contributed by atoms with Gasteiger partial charge in [-0.05, 0) is 43.0 Å². The molecular weight excluding hydrogens is 428 g/mol. The monoisotopic (exact) mass is 462 g/mol. The first-order valence-electron chi connectivity index (χ1n) is 12.3. The summed E-state index contributed by atoms with van der Waals surface area (Å²) in [6.45, 7) is 2.92. The molecule has 6 nitrogen and oxygen atoms in total. The Hall–Kier alpha value is -2.96. The highest BCUT2D eigenvalue weighted by Gasteiger charge is 2.52. The number of hydrogen-bond acceptors (Lipinski definition) is 4. The van der Waals surface area contributed by atoms with Crippen LogP contribution in [0.15, 0.2) is 60.7 Å². The van der Waals surface area contributed by atoms with E-state index in [1.807, 2.05) is 54.3 Å². The summed E-state index contributed by atoms with van der Waals surface area (Å²) in [4.78, 5) is 29.6. The van der Waals surface area contributed by atoms with E-state index in [1.165, 1.54) is 0 Å². The summed E-state index contributed by atoms with van der Waals surface area (Å²) >= 11 is 0. The molecule has 180 valence electrons. The molecule has 1 saturated heterocycles. The average molecular weight is 463 g/mol. The number of carbonyl (C=O) groups is 2. The van der Waals surface area contributed by atoms with Crippen LogP contribution in [-0.4, -0.2) is 35.2 Å². The van der Waals surface area contributed by atoms with Gasteiger partial charge >= 0.3 is 0 Å². The highest BCUT2D eigenvalue weighted by Crippen LogP contribution is 2.45. The maximum absolute atomic E-state index is 13.5. The van der Waals surface area contributed by atoms with E-state index >= 15 is 0 Å². The molecule has 2 atom stereocenters. The quantitative estimate of drug-likeness (QED) is 0.602. The fraction of sp³-hybridized carbons (Fsp3) is 0.429. The van der Waals surface area contributed by atoms with Gasteiger partial charge in [0.05, 0.1) is 12.2 Å². The zero-order valence-electron chi connectivity index (χ0n) is 19.8. The van der Waals surface area contributed by atoms with Crippen molar-refractivity contribution < 1.29 is 19.8 Å². The van der Waals surface area contributed by atoms with Crippen LogP contribution in [0.3, 0.4) is 0 Å². The van der Waals surface area contributed by atoms with Crippen molar-refractivity contribution in [3.8, 4) is 0 Å². The molecule has 2 aromatic carbocycles. The number of rotatable bonds is 7. The van der Waals surface area contributed by atoms with Gasteiger partial charge in [0.15, 0.2) is 5.60 Å². The zero-order valence-corrected chi connectivity index (χ0v) is 19.8. The van der Waals surface area contributed by atoms with Crippen LogP contribution < -0.4 is 9.80 Å². The second-order valence-electron chi connectivity index (χ2n) is 9.28. The maximum atomic E-state index is 13.5. The number of nitrogens with zero attached hydrogens (tertiary/aromatic N) is 2. The van der Waals surface area contributed by atoms with Gasteiger partial charge in [-0.15, -0.1) is 0 Å². The van der Waals surface area contributed by atoms with E-state index in [0.717, 1.165) is 43.5 Å². The van der Waals surface area contributed by atoms with Gasteiger partial charge < -0.3 is 20.0 Å². The van der Waals surface area contributed by atoms with Crippen molar-refractivity contribution >= 4 is 23.2 Å². The Morgan fingerprint density at radius 2 is 1.76 bits per heavy atom. The van der Waals surface area contributed by atoms with Crippen LogP contribution in [0.2, 0.25) is 0 Å². The van der Waals surface area contributed by atoms with Crippen molar-refractivity contribution in [1.82, 2.24) is 0 Å². The summed E-state index contributed by atoms with van der Waals surface area (Å²) in [6.07, 6.45) is 8.88. The molecule has 6 heteroatoms. The Kier molecular flexibility index (Phi) is 7.49. The van der Waals surface area contributed by atoms with E-state index in [4.69, 9.17) is 5.11 Å². The first-order valence-corrected chi connectivity index (χ1v) is 12.3. The van der Waals surface area contributed by atoms with Crippen molar-refractivity contribution in [3.63, 3.8) is 0 Å². The molecule has 1 fully saturated rings. The molecule has 2 aliphatic heterocycles. The molecule has 34 heavy (non-hydrogen) atoms. The molecule has 0 aromatic heterocycles. The largest absolute Gasteiger partial charge is 0.396 e. The Morgan fingerprint density at radius 3 is 2.53 bits per heavy atom. The molecule has 0 saturated carbocycles. The van der Waals surface area contributed by atoms with Gasteiger partial charge in [-0.1, -0.05) is 62.2 Å². The first kappa shape index (κ1) is 24.2. The van der Waals surface area contributed by atoms with Crippen molar-refractivity contribution in [3.05, 3.63) is 71.8 Å². The second-order valence-corrected chi connectivity index (χ2v) is 9.28. The van der Waals surface area contributed by atoms with Crippen molar-refractivity contribution in [2.75, 3.05) is 23.0 Å². The summed E-state index contributed by atoms with van der Waals surface area (Å²) in [6, 6.07) is 15.2. The molecule has 2 amide bonds. The Labute approximate surface area is 201 Å². The lowest BCUT2D eigenvalue weighted by Gasteiger charge is -2.28. The second kappa shape index (κ2) is 10.5. The molecule has 4 rings (SSSR count). The molecule has 0 unspecified atom stereocenters. The number of aliphatic hydroxyl groups is 2. The number of aliphatic hydroxyl groups excluding tert-OH is 1. The number of para-hydroxylation sites is 1. The van der Waals surface area contributed by atoms with Gasteiger partial charge in [-0.2, -0.15) is 0 Å². The Balaban J connectivity index is 1.56. The third-order valence-corrected chi connectivity index (χ3v) is 6.97. The minimum atomic E-state index is -1.65. The minimum absolute atomic E-state index is 0.0251. The van der Waals surface area contributed by atoms with Crippen LogP contribution in [-0.2, 0) is 21.7 Å². The van der Waals surface area contributed by atoms with E-state index in [-0.39, 0.29) is 18.4 Å². The van der Waals surface area contributed by atoms with E-state index in [2.05, 4.69) is 0 Å². The first-order chi connectivity index (χ1) is 16.5. The summed E-state index contributed by atoms with van der Waals surface area (Å²) in [7, 11) is 0. The zero-order chi connectivity index (χ0) is 24.1. The van der Waals surface area contributed by atoms with Crippen molar-refractivity contribution in [2.24, 2.45) is 5.92 Å². The van der Waals surface area contributed by atoms with Gasteiger partial charge in [0.1, 0.15) is 0 Å². The summed E-state index contributed by atoms with van der Waals surface area (Å²) in [5.74, 6) is -0.625. The van der Waals surface area contributed by atoms with E-state index in [9.17, 15) is 14.7 Å². The Morgan fingerprint density at radius 1 is 1.03 bits per heavy atom. The third kappa shape index (κ3) is 4.65. The number of anilines is 2. The van der Waals surface area contributed by atoms with Gasteiger partial charge in [0.25, 0.3) is 5.91 Å². The lowest BCUT2D eigenvalue weighted by atomic mass is 9.83. The van der Waals surface area contributed by atoms with Gasteiger partial charge in [0, 0.05) is 36.7 Å². The maximum Gasteiger partial charge on any atom is 0.264 e. The van der Waals surface area contributed by atoms with Crippen LogP contribution in [0, 0.1) is 5.92 Å². The highest BCUT2D eigenvalue weighted by molar-refractivity contribution is 6.07. The van der Waals surface area contributed by atoms with E-state index in [0.29, 0.717) is 30.6 Å². The predicted octanol–water partition coefficient (Wildman–Crippen LogP) is 4.29. The minimum Gasteiger partial charge on any atom is -0.396 e. The molecule has 0 aliphatic carbocycles. The SMILES string of the molecule is C[C@H](/C=C/CCO)[C@@]1(O)C(=O)N(Cc2ccc(N3CCCCCCC3=O)cc2)c2ccccc21. The van der Waals surface area contributed by atoms with E-state index in [1.54, 1.807) is 23.1 Å². The van der Waals surface area contributed by atoms with Crippen LogP contribution in [0.4, 0.5) is 11.4 Å². The van der Waals surface area contributed by atoms with E-state index < -0.39 is 11.5 Å². The summed E-state index contributed by atoms with van der Waals surface area (Å²) in [5, 5.41) is 20.6. The topological polar surface area (TPSA) is 81.1 Å². The number of hydrogen-bond donors (Lipinski definition) is 2. The Bertz CT molecular complexity index is 1050. The van der Waals surface area contributed by atoms with Crippen molar-refractivity contribution in [1.29, 1.82) is 0 Å². The van der Waals surface area contributed by atoms with Crippen LogP contribution in [0.1, 0.15) is 56.6 Å². The third-order valence-electron chi connectivity index (χ3n) is 6.97. The molecule has 0 bridgehead atoms. The lowest BCUT2D eigenvalue weighted by Crippen LogP contribution is -2.44. The summed E-state index contributed by atoms with van der Waals surface area (Å²) in [5.41, 5.74) is 1.48. The fourth-order valence-electron chi connectivity index (χ4n) is 4.97. The number of benzene rings is 2. The van der Waals surface area contributed by atoms with Crippen molar-refractivity contribution in [2.45, 2.75) is 57.6 Å². The van der Waals surface area contributed by atoms with Gasteiger partial charge in [-0.3, -0.25) is 9.59 Å². The number of amides is 2. The molecule has 2 N–H and O–H groups in total. The van der Waals surface area contributed by atoms with Gasteiger partial charge in [0.2, 0.25) is 5.91 Å². The van der Waals surface area contributed by atoms with Crippen LogP contribution >= 0.6 is 0 Å². The number of fused-ring (bicyclic) bond motifs is 1. The lowest BCUT2D eigenvalue weighted by molar-refractivity contribution is -0.139. The fourth-order valence-corrected chi connectivity index (χ4v) is 4.97. The van der Waals surface area contributed by atoms with Gasteiger partial charge in [-0.25, -0.2) is 0 Å². The smallest absolute Gasteiger partial charge is 0.264 e. The predicted molar refractivity (Wildman–Crippen MR) is 133 cm³/mol. The number of carbonyl (C=O) groups excluding carboxylic acids is 2.